The van der Waals surface area contributed by atoms with Crippen molar-refractivity contribution in [2.45, 2.75) is 38.0 Å². The van der Waals surface area contributed by atoms with Gasteiger partial charge in [0.1, 0.15) is 0 Å². The van der Waals surface area contributed by atoms with Crippen LogP contribution in [0.15, 0.2) is 29.2 Å². The minimum Gasteiger partial charge on any atom is -0.381 e. The zero-order chi connectivity index (χ0) is 19.9. The molecular weight excluding hydrogens is 388 g/mol. The summed E-state index contributed by atoms with van der Waals surface area (Å²) in [5.41, 5.74) is 0. The van der Waals surface area contributed by atoms with Gasteiger partial charge in [-0.05, 0) is 49.4 Å². The molecule has 6 nitrogen and oxygen atoms in total. The van der Waals surface area contributed by atoms with Crippen molar-refractivity contribution in [3.8, 4) is 0 Å². The molecule has 0 radical (unpaired) electrons. The Morgan fingerprint density at radius 1 is 1.33 bits per heavy atom. The van der Waals surface area contributed by atoms with Crippen LogP contribution in [0.25, 0.3) is 0 Å². The Hall–Kier alpha value is -1.15. The molecule has 27 heavy (non-hydrogen) atoms. The number of piperidine rings is 1. The van der Waals surface area contributed by atoms with Gasteiger partial charge in [-0.2, -0.15) is 4.31 Å². The Morgan fingerprint density at radius 2 is 2.04 bits per heavy atom. The first-order chi connectivity index (χ1) is 12.8. The van der Waals surface area contributed by atoms with Gasteiger partial charge in [0.05, 0.1) is 10.8 Å². The molecule has 1 aromatic rings. The molecule has 1 atom stereocenters. The number of halogens is 1. The van der Waals surface area contributed by atoms with Crippen molar-refractivity contribution in [3.05, 3.63) is 29.3 Å². The van der Waals surface area contributed by atoms with Crippen molar-refractivity contribution in [2.24, 2.45) is 11.8 Å². The molecule has 0 spiro atoms. The van der Waals surface area contributed by atoms with Crippen LogP contribution < -0.4 is 5.32 Å². The van der Waals surface area contributed by atoms with Crippen LogP contribution in [-0.2, 0) is 19.6 Å². The number of ether oxygens (including phenoxy) is 1. The lowest BCUT2D eigenvalue weighted by Crippen LogP contribution is -2.45. The van der Waals surface area contributed by atoms with E-state index in [0.717, 1.165) is 6.42 Å². The van der Waals surface area contributed by atoms with Gasteiger partial charge in [-0.15, -0.1) is 0 Å². The van der Waals surface area contributed by atoms with Crippen LogP contribution in [-0.4, -0.2) is 51.5 Å². The predicted molar refractivity (Wildman–Crippen MR) is 106 cm³/mol. The zero-order valence-corrected chi connectivity index (χ0v) is 17.6. The first-order valence-corrected chi connectivity index (χ1v) is 11.2. The Bertz CT molecular complexity index is 707. The number of amides is 1. The van der Waals surface area contributed by atoms with Gasteiger partial charge < -0.3 is 10.1 Å². The van der Waals surface area contributed by atoms with E-state index in [-0.39, 0.29) is 23.3 Å². The summed E-state index contributed by atoms with van der Waals surface area (Å²) in [6, 6.07) is 6.12. The van der Waals surface area contributed by atoms with Crippen molar-refractivity contribution in [3.63, 3.8) is 0 Å². The fraction of sp³-hybridized carbons (Fsp3) is 0.632. The van der Waals surface area contributed by atoms with Crippen LogP contribution in [0.1, 0.15) is 33.1 Å². The van der Waals surface area contributed by atoms with Crippen molar-refractivity contribution in [1.82, 2.24) is 9.62 Å². The monoisotopic (exact) mass is 416 g/mol. The molecule has 1 amide bonds. The van der Waals surface area contributed by atoms with Crippen molar-refractivity contribution >= 4 is 27.5 Å². The summed E-state index contributed by atoms with van der Waals surface area (Å²) in [7, 11) is -3.61. The van der Waals surface area contributed by atoms with Crippen LogP contribution in [0.2, 0.25) is 5.02 Å². The highest BCUT2D eigenvalue weighted by Crippen LogP contribution is 2.24. The lowest BCUT2D eigenvalue weighted by Gasteiger charge is -2.31. The molecule has 0 aliphatic carbocycles. The molecule has 1 saturated heterocycles. The number of sulfonamides is 1. The molecule has 0 unspecified atom stereocenters. The average molecular weight is 417 g/mol. The summed E-state index contributed by atoms with van der Waals surface area (Å²) < 4.78 is 32.5. The second kappa shape index (κ2) is 10.4. The highest BCUT2D eigenvalue weighted by atomic mass is 35.5. The molecule has 1 aliphatic rings. The largest absolute Gasteiger partial charge is 0.381 e. The number of carbonyl (C=O) groups excluding carboxylic acids is 1. The van der Waals surface area contributed by atoms with Gasteiger partial charge >= 0.3 is 0 Å². The summed E-state index contributed by atoms with van der Waals surface area (Å²) in [5, 5.41) is 3.39. The Morgan fingerprint density at radius 3 is 2.70 bits per heavy atom. The van der Waals surface area contributed by atoms with E-state index in [4.69, 9.17) is 16.3 Å². The molecule has 8 heteroatoms. The van der Waals surface area contributed by atoms with Gasteiger partial charge in [-0.1, -0.05) is 25.4 Å². The lowest BCUT2D eigenvalue weighted by molar-refractivity contribution is -0.126. The van der Waals surface area contributed by atoms with E-state index in [1.54, 1.807) is 12.1 Å². The van der Waals surface area contributed by atoms with E-state index in [1.165, 1.54) is 16.4 Å². The van der Waals surface area contributed by atoms with E-state index < -0.39 is 10.0 Å². The molecule has 1 N–H and O–H groups in total. The van der Waals surface area contributed by atoms with Gasteiger partial charge in [0.25, 0.3) is 0 Å². The van der Waals surface area contributed by atoms with Crippen LogP contribution >= 0.6 is 11.6 Å². The number of nitrogens with one attached hydrogen (secondary N) is 1. The maximum atomic E-state index is 12.8. The van der Waals surface area contributed by atoms with E-state index >= 15 is 0 Å². The van der Waals surface area contributed by atoms with Crippen molar-refractivity contribution < 1.29 is 17.9 Å². The minimum atomic E-state index is -3.61. The van der Waals surface area contributed by atoms with Gasteiger partial charge in [-0.25, -0.2) is 8.42 Å². The third-order valence-corrected chi connectivity index (χ3v) is 6.55. The molecule has 0 aromatic heterocycles. The van der Waals surface area contributed by atoms with Crippen LogP contribution in [0.5, 0.6) is 0 Å². The fourth-order valence-corrected chi connectivity index (χ4v) is 4.63. The normalized spacial score (nSPS) is 18.6. The first-order valence-electron chi connectivity index (χ1n) is 9.42. The second-order valence-electron chi connectivity index (χ2n) is 7.27. The van der Waals surface area contributed by atoms with Crippen molar-refractivity contribution in [1.29, 1.82) is 0 Å². The number of nitrogens with zero attached hydrogens (tertiary/aromatic N) is 1. The summed E-state index contributed by atoms with van der Waals surface area (Å²) in [6.07, 6.45) is 2.11. The Balaban J connectivity index is 1.84. The maximum Gasteiger partial charge on any atom is 0.243 e. The Labute approximate surface area is 167 Å². The number of carbonyl (C=O) groups is 1. The van der Waals surface area contributed by atoms with E-state index in [9.17, 15) is 13.2 Å². The minimum absolute atomic E-state index is 0.0881. The quantitative estimate of drug-likeness (QED) is 0.628. The first kappa shape index (κ1) is 22.1. The summed E-state index contributed by atoms with van der Waals surface area (Å²) >= 11 is 5.84. The predicted octanol–water partition coefficient (Wildman–Crippen LogP) is 2.92. The fourth-order valence-electron chi connectivity index (χ4n) is 2.98. The third kappa shape index (κ3) is 6.75. The summed E-state index contributed by atoms with van der Waals surface area (Å²) in [6.45, 7) is 6.69. The van der Waals surface area contributed by atoms with E-state index in [1.807, 2.05) is 0 Å². The maximum absolute atomic E-state index is 12.8. The molecule has 2 rings (SSSR count). The van der Waals surface area contributed by atoms with Crippen LogP contribution in [0.4, 0.5) is 0 Å². The van der Waals surface area contributed by atoms with Gasteiger partial charge in [0.2, 0.25) is 15.9 Å². The smallest absolute Gasteiger partial charge is 0.243 e. The molecule has 1 heterocycles. The Kier molecular flexibility index (Phi) is 8.54. The molecule has 1 fully saturated rings. The average Bonchev–Trinajstić information content (AvgIpc) is 2.64. The van der Waals surface area contributed by atoms with Crippen molar-refractivity contribution in [2.75, 3.05) is 32.8 Å². The van der Waals surface area contributed by atoms with E-state index in [0.29, 0.717) is 50.1 Å². The molecular formula is C19H29ClN2O4S. The van der Waals surface area contributed by atoms with Crippen LogP contribution in [0, 0.1) is 11.8 Å². The number of hydrogen-bond acceptors (Lipinski definition) is 4. The third-order valence-electron chi connectivity index (χ3n) is 4.42. The van der Waals surface area contributed by atoms with Gasteiger partial charge in [0.15, 0.2) is 0 Å². The molecule has 1 aromatic carbocycles. The number of benzene rings is 1. The van der Waals surface area contributed by atoms with Gasteiger partial charge in [0, 0.05) is 37.9 Å². The molecule has 0 saturated carbocycles. The highest BCUT2D eigenvalue weighted by Gasteiger charge is 2.33. The second-order valence-corrected chi connectivity index (χ2v) is 9.64. The number of hydrogen-bond donors (Lipinski definition) is 1. The molecule has 0 bridgehead atoms. The number of rotatable bonds is 9. The summed E-state index contributed by atoms with van der Waals surface area (Å²) in [5.74, 6) is 0.0858. The summed E-state index contributed by atoms with van der Waals surface area (Å²) in [4.78, 5) is 12.6. The standard InChI is InChI=1S/C19H29ClN2O4S/c1-15(2)14-26-12-4-10-21-19(23)16-5-3-11-22(13-16)27(24,25)18-8-6-17(20)7-9-18/h6-9,15-16H,3-5,10-14H2,1-2H3,(H,21,23)/t16-/m1/s1. The topological polar surface area (TPSA) is 75.7 Å². The van der Waals surface area contributed by atoms with Crippen LogP contribution in [0.3, 0.4) is 0 Å². The SMILES string of the molecule is CC(C)COCCCNC(=O)[C@@H]1CCCN(S(=O)(=O)c2ccc(Cl)cc2)C1. The van der Waals surface area contributed by atoms with Gasteiger partial charge in [-0.3, -0.25) is 4.79 Å². The molecule has 152 valence electrons. The van der Waals surface area contributed by atoms with E-state index in [2.05, 4.69) is 19.2 Å². The zero-order valence-electron chi connectivity index (χ0n) is 16.0. The molecule has 1 aliphatic heterocycles. The lowest BCUT2D eigenvalue weighted by atomic mass is 9.99. The highest BCUT2D eigenvalue weighted by molar-refractivity contribution is 7.89.